The number of amides is 6. The molecule has 0 aromatic heterocycles. The Morgan fingerprint density at radius 3 is 2.18 bits per heavy atom. The lowest BCUT2D eigenvalue weighted by molar-refractivity contribution is -0.144. The Balaban J connectivity index is 2.12. The topological polar surface area (TPSA) is 183 Å². The molecule has 1 aliphatic rings. The number of nitrogens with one attached hydrogen (secondary N) is 4. The Labute approximate surface area is 288 Å². The summed E-state index contributed by atoms with van der Waals surface area (Å²) < 4.78 is 5.22. The minimum absolute atomic E-state index is 0.0640. The van der Waals surface area contributed by atoms with Gasteiger partial charge in [-0.3, -0.25) is 28.8 Å². The molecule has 4 atom stereocenters. The van der Waals surface area contributed by atoms with Crippen LogP contribution < -0.4 is 21.3 Å². The summed E-state index contributed by atoms with van der Waals surface area (Å²) in [5.74, 6) is -4.23. The lowest BCUT2D eigenvalue weighted by Crippen LogP contribution is -2.59. The van der Waals surface area contributed by atoms with Gasteiger partial charge < -0.3 is 35.8 Å². The highest BCUT2D eigenvalue weighted by Gasteiger charge is 2.44. The van der Waals surface area contributed by atoms with Crippen molar-refractivity contribution in [3.63, 3.8) is 0 Å². The predicted molar refractivity (Wildman–Crippen MR) is 183 cm³/mol. The van der Waals surface area contributed by atoms with Crippen molar-refractivity contribution in [1.82, 2.24) is 31.1 Å². The predicted octanol–water partition coefficient (Wildman–Crippen LogP) is 1.86. The largest absolute Gasteiger partial charge is 0.449 e. The monoisotopic (exact) mass is 684 g/mol. The number of rotatable bonds is 15. The standard InChI is InChI=1S/C35H52N6O8/c1-10-14-24(28(43)31(45)36-18-26(42)38-27(32(46)40(8)9)23-15-12-11-13-16-23)37-30(44)25-17-22(4)19-41(25)33(47)29(35(5,6)7)39-34(48)49-20-21(2)3/h11-13,15-16,21,24-25,27,29H,4,10,14,17-20H2,1-3,5-9H3,(H,36,45)(H,37,44)(H,38,42)(H,39,48)/t24?,25?,27-,29+/m0/s1. The number of hydrogen-bond donors (Lipinski definition) is 4. The zero-order valence-corrected chi connectivity index (χ0v) is 29.9. The van der Waals surface area contributed by atoms with Gasteiger partial charge in [0.15, 0.2) is 0 Å². The van der Waals surface area contributed by atoms with Crippen molar-refractivity contribution in [2.75, 3.05) is 33.8 Å². The Hall–Kier alpha value is -4.75. The fourth-order valence-electron chi connectivity index (χ4n) is 5.12. The fraction of sp³-hybridized carbons (Fsp3) is 0.571. The van der Waals surface area contributed by atoms with E-state index in [4.69, 9.17) is 4.74 Å². The van der Waals surface area contributed by atoms with Crippen molar-refractivity contribution >= 4 is 41.4 Å². The van der Waals surface area contributed by atoms with Crippen molar-refractivity contribution in [1.29, 1.82) is 0 Å². The number of Topliss-reactive ketones (excluding diaryl/α,β-unsaturated/α-hetero) is 1. The molecule has 0 bridgehead atoms. The van der Waals surface area contributed by atoms with Crippen LogP contribution in [0.3, 0.4) is 0 Å². The molecule has 1 aromatic rings. The van der Waals surface area contributed by atoms with Crippen LogP contribution in [0.1, 0.15) is 72.4 Å². The highest BCUT2D eigenvalue weighted by molar-refractivity contribution is 6.38. The normalized spacial score (nSPS) is 16.2. The molecule has 1 aromatic carbocycles. The van der Waals surface area contributed by atoms with Gasteiger partial charge in [0.25, 0.3) is 5.91 Å². The molecule has 49 heavy (non-hydrogen) atoms. The zero-order chi connectivity index (χ0) is 37.1. The summed E-state index contributed by atoms with van der Waals surface area (Å²) in [7, 11) is 3.10. The van der Waals surface area contributed by atoms with E-state index in [0.717, 1.165) is 0 Å². The number of nitrogens with zero attached hydrogens (tertiary/aromatic N) is 2. The Kier molecular flexibility index (Phi) is 15.0. The summed E-state index contributed by atoms with van der Waals surface area (Å²) in [6, 6.07) is 4.27. The quantitative estimate of drug-likeness (QED) is 0.159. The van der Waals surface area contributed by atoms with E-state index in [1.165, 1.54) is 9.80 Å². The highest BCUT2D eigenvalue weighted by Crippen LogP contribution is 2.28. The molecule has 0 radical (unpaired) electrons. The second-order valence-corrected chi connectivity index (χ2v) is 13.9. The summed E-state index contributed by atoms with van der Waals surface area (Å²) >= 11 is 0. The highest BCUT2D eigenvalue weighted by atomic mass is 16.5. The van der Waals surface area contributed by atoms with E-state index in [9.17, 15) is 33.6 Å². The van der Waals surface area contributed by atoms with Crippen molar-refractivity contribution < 1.29 is 38.3 Å². The first kappa shape index (κ1) is 40.4. The van der Waals surface area contributed by atoms with Gasteiger partial charge in [-0.25, -0.2) is 4.79 Å². The van der Waals surface area contributed by atoms with Gasteiger partial charge in [0.2, 0.25) is 29.4 Å². The number of benzene rings is 1. The molecular weight excluding hydrogens is 632 g/mol. The molecule has 0 aliphatic carbocycles. The van der Waals surface area contributed by atoms with Gasteiger partial charge in [-0.05, 0) is 29.7 Å². The second-order valence-electron chi connectivity index (χ2n) is 13.9. The smallest absolute Gasteiger partial charge is 0.407 e. The molecule has 0 saturated carbocycles. The molecular formula is C35H52N6O8. The number of ketones is 1. The van der Waals surface area contributed by atoms with Crippen LogP contribution in [0.25, 0.3) is 0 Å². The van der Waals surface area contributed by atoms with Crippen LogP contribution in [0.2, 0.25) is 0 Å². The molecule has 6 amide bonds. The van der Waals surface area contributed by atoms with Gasteiger partial charge in [0.05, 0.1) is 19.2 Å². The van der Waals surface area contributed by atoms with E-state index >= 15 is 0 Å². The number of likely N-dealkylation sites (N-methyl/N-ethyl adjacent to an activating group) is 1. The zero-order valence-electron chi connectivity index (χ0n) is 29.9. The molecule has 1 aliphatic heterocycles. The van der Waals surface area contributed by atoms with E-state index in [1.807, 2.05) is 13.8 Å². The van der Waals surface area contributed by atoms with Crippen LogP contribution in [0.5, 0.6) is 0 Å². The summed E-state index contributed by atoms with van der Waals surface area (Å²) in [5, 5.41) is 10.1. The third-order valence-electron chi connectivity index (χ3n) is 7.73. The summed E-state index contributed by atoms with van der Waals surface area (Å²) in [6.45, 7) is 14.4. The lowest BCUT2D eigenvalue weighted by atomic mass is 9.85. The van der Waals surface area contributed by atoms with Gasteiger partial charge in [-0.2, -0.15) is 0 Å². The Morgan fingerprint density at radius 1 is 1.00 bits per heavy atom. The molecule has 14 nitrogen and oxygen atoms in total. The van der Waals surface area contributed by atoms with Crippen molar-refractivity contribution in [2.24, 2.45) is 11.3 Å². The summed E-state index contributed by atoms with van der Waals surface area (Å²) in [6.07, 6.45) is -0.0775. The van der Waals surface area contributed by atoms with Gasteiger partial charge >= 0.3 is 6.09 Å². The first-order valence-electron chi connectivity index (χ1n) is 16.5. The summed E-state index contributed by atoms with van der Waals surface area (Å²) in [5.41, 5.74) is 0.401. The molecule has 2 unspecified atom stereocenters. The molecule has 1 saturated heterocycles. The van der Waals surface area contributed by atoms with Crippen molar-refractivity contribution in [3.8, 4) is 0 Å². The summed E-state index contributed by atoms with van der Waals surface area (Å²) in [4.78, 5) is 94.2. The van der Waals surface area contributed by atoms with Crippen LogP contribution >= 0.6 is 0 Å². The average Bonchev–Trinajstić information content (AvgIpc) is 3.44. The van der Waals surface area contributed by atoms with Gasteiger partial charge in [-0.15, -0.1) is 0 Å². The second kappa shape index (κ2) is 18.1. The van der Waals surface area contributed by atoms with Crippen LogP contribution in [-0.4, -0.2) is 103 Å². The lowest BCUT2D eigenvalue weighted by Gasteiger charge is -2.35. The molecule has 4 N–H and O–H groups in total. The van der Waals surface area contributed by atoms with Crippen molar-refractivity contribution in [3.05, 3.63) is 48.0 Å². The number of hydrogen-bond acceptors (Lipinski definition) is 8. The third-order valence-corrected chi connectivity index (χ3v) is 7.73. The number of alkyl carbamates (subject to hydrolysis) is 1. The van der Waals surface area contributed by atoms with Crippen molar-refractivity contribution in [2.45, 2.75) is 85.0 Å². The number of ether oxygens (including phenoxy) is 1. The SMILES string of the molecule is C=C1CC(C(=O)NC(CCC)C(=O)C(=O)NCC(=O)N[C@H](C(=O)N(C)C)c2ccccc2)N(C(=O)[C@@H](NC(=O)OCC(C)C)C(C)(C)C)C1. The Bertz CT molecular complexity index is 1390. The third kappa shape index (κ3) is 12.0. The van der Waals surface area contributed by atoms with E-state index in [2.05, 4.69) is 27.8 Å². The van der Waals surface area contributed by atoms with Crippen LogP contribution in [0, 0.1) is 11.3 Å². The maximum absolute atomic E-state index is 13.8. The number of carbonyl (C=O) groups excluding carboxylic acids is 7. The Morgan fingerprint density at radius 2 is 1.63 bits per heavy atom. The molecule has 1 heterocycles. The maximum Gasteiger partial charge on any atom is 0.407 e. The van der Waals surface area contributed by atoms with Crippen LogP contribution in [-0.2, 0) is 33.5 Å². The van der Waals surface area contributed by atoms with E-state index < -0.39 is 71.6 Å². The first-order valence-corrected chi connectivity index (χ1v) is 16.5. The maximum atomic E-state index is 13.8. The fourth-order valence-corrected chi connectivity index (χ4v) is 5.12. The molecule has 0 spiro atoms. The van der Waals surface area contributed by atoms with E-state index in [0.29, 0.717) is 17.6 Å². The van der Waals surface area contributed by atoms with Gasteiger partial charge in [0, 0.05) is 20.6 Å². The van der Waals surface area contributed by atoms with Crippen LogP contribution in [0.4, 0.5) is 4.79 Å². The molecule has 270 valence electrons. The average molecular weight is 685 g/mol. The number of carbonyl (C=O) groups is 7. The number of likely N-dealkylation sites (tertiary alicyclic amines) is 1. The van der Waals surface area contributed by atoms with Crippen LogP contribution in [0.15, 0.2) is 42.5 Å². The minimum atomic E-state index is -1.23. The van der Waals surface area contributed by atoms with E-state index in [-0.39, 0.29) is 37.8 Å². The molecule has 1 fully saturated rings. The van der Waals surface area contributed by atoms with Gasteiger partial charge in [0.1, 0.15) is 18.1 Å². The van der Waals surface area contributed by atoms with E-state index in [1.54, 1.807) is 72.1 Å². The molecule has 2 rings (SSSR count). The first-order chi connectivity index (χ1) is 22.9. The molecule has 14 heteroatoms. The minimum Gasteiger partial charge on any atom is -0.449 e. The van der Waals surface area contributed by atoms with Gasteiger partial charge in [-0.1, -0.05) is 90.4 Å².